The molecular weight excluding hydrogens is 296 g/mol. The first-order valence-electron chi connectivity index (χ1n) is 8.17. The lowest BCUT2D eigenvalue weighted by atomic mass is 10.2. The summed E-state index contributed by atoms with van der Waals surface area (Å²) in [7, 11) is 0. The molecule has 8 heteroatoms. The average Bonchev–Trinajstić information content (AvgIpc) is 3.23. The number of hydrogen-bond acceptors (Lipinski definition) is 7. The number of hydrogen-bond donors (Lipinski definition) is 0. The molecule has 0 N–H and O–H groups in total. The number of ether oxygens (including phenoxy) is 1. The lowest BCUT2D eigenvalue weighted by Crippen LogP contribution is -2.40. The molecule has 1 aliphatic rings. The van der Waals surface area contributed by atoms with E-state index in [0.717, 1.165) is 31.3 Å². The molecule has 1 aliphatic heterocycles. The number of aromatic nitrogens is 5. The summed E-state index contributed by atoms with van der Waals surface area (Å²) in [5.41, 5.74) is 0. The molecule has 0 saturated carbocycles. The van der Waals surface area contributed by atoms with Crippen LogP contribution in [0.2, 0.25) is 0 Å². The van der Waals surface area contributed by atoms with Crippen molar-refractivity contribution in [2.75, 3.05) is 19.7 Å². The van der Waals surface area contributed by atoms with Gasteiger partial charge >= 0.3 is 0 Å². The van der Waals surface area contributed by atoms with Gasteiger partial charge in [0.2, 0.25) is 5.89 Å². The monoisotopic (exact) mass is 320 g/mol. The first-order valence-corrected chi connectivity index (χ1v) is 8.17. The van der Waals surface area contributed by atoms with Crippen LogP contribution in [0.3, 0.4) is 0 Å². The Labute approximate surface area is 135 Å². The molecule has 126 valence electrons. The van der Waals surface area contributed by atoms with Crippen molar-refractivity contribution in [2.24, 2.45) is 0 Å². The van der Waals surface area contributed by atoms with Crippen LogP contribution in [0.15, 0.2) is 10.9 Å². The highest BCUT2D eigenvalue weighted by Gasteiger charge is 2.31. The number of nitrogens with zero attached hydrogens (tertiary/aromatic N) is 6. The minimum Gasteiger partial charge on any atom is -0.368 e. The minimum absolute atomic E-state index is 0.0550. The van der Waals surface area contributed by atoms with Gasteiger partial charge in [-0.2, -0.15) is 4.98 Å². The Bertz CT molecular complexity index is 637. The minimum atomic E-state index is -0.0823. The molecule has 23 heavy (non-hydrogen) atoms. The van der Waals surface area contributed by atoms with Gasteiger partial charge < -0.3 is 13.8 Å². The van der Waals surface area contributed by atoms with Crippen molar-refractivity contribution in [3.63, 3.8) is 0 Å². The van der Waals surface area contributed by atoms with E-state index in [-0.39, 0.29) is 18.1 Å². The van der Waals surface area contributed by atoms with Gasteiger partial charge in [0, 0.05) is 25.6 Å². The van der Waals surface area contributed by atoms with Crippen molar-refractivity contribution in [1.82, 2.24) is 29.8 Å². The largest absolute Gasteiger partial charge is 0.368 e. The SMILES string of the molecule is CCn1cnnc1[C@@H]1CN([C@@H](C)c2nc(C(C)C)no2)CCO1. The summed E-state index contributed by atoms with van der Waals surface area (Å²) in [4.78, 5) is 6.81. The van der Waals surface area contributed by atoms with Gasteiger partial charge in [0.1, 0.15) is 12.4 Å². The molecule has 0 unspecified atom stereocenters. The first kappa shape index (κ1) is 16.1. The molecule has 1 saturated heterocycles. The maximum Gasteiger partial charge on any atom is 0.243 e. The number of rotatable bonds is 5. The van der Waals surface area contributed by atoms with E-state index in [9.17, 15) is 0 Å². The highest BCUT2D eigenvalue weighted by Crippen LogP contribution is 2.27. The Balaban J connectivity index is 1.72. The fourth-order valence-corrected chi connectivity index (χ4v) is 2.74. The zero-order chi connectivity index (χ0) is 16.4. The second kappa shape index (κ2) is 6.76. The summed E-state index contributed by atoms with van der Waals surface area (Å²) in [5.74, 6) is 2.55. The Morgan fingerprint density at radius 2 is 2.17 bits per heavy atom. The lowest BCUT2D eigenvalue weighted by Gasteiger charge is -2.34. The van der Waals surface area contributed by atoms with Crippen LogP contribution < -0.4 is 0 Å². The molecular formula is C15H24N6O2. The molecule has 8 nitrogen and oxygen atoms in total. The van der Waals surface area contributed by atoms with Crippen molar-refractivity contribution in [2.45, 2.75) is 52.3 Å². The van der Waals surface area contributed by atoms with Crippen LogP contribution in [-0.2, 0) is 11.3 Å². The van der Waals surface area contributed by atoms with E-state index in [2.05, 4.69) is 52.9 Å². The highest BCUT2D eigenvalue weighted by atomic mass is 16.5. The second-order valence-corrected chi connectivity index (χ2v) is 6.15. The van der Waals surface area contributed by atoms with Gasteiger partial charge in [0.05, 0.1) is 12.6 Å². The summed E-state index contributed by atoms with van der Waals surface area (Å²) in [5, 5.41) is 12.3. The zero-order valence-electron chi connectivity index (χ0n) is 14.1. The topological polar surface area (TPSA) is 82.1 Å². The van der Waals surface area contributed by atoms with Gasteiger partial charge in [-0.1, -0.05) is 19.0 Å². The van der Waals surface area contributed by atoms with Crippen molar-refractivity contribution < 1.29 is 9.26 Å². The van der Waals surface area contributed by atoms with Crippen molar-refractivity contribution >= 4 is 0 Å². The molecule has 0 spiro atoms. The van der Waals surface area contributed by atoms with Gasteiger partial charge in [-0.25, -0.2) is 0 Å². The summed E-state index contributed by atoms with van der Waals surface area (Å²) < 4.78 is 13.3. The van der Waals surface area contributed by atoms with E-state index in [1.165, 1.54) is 0 Å². The standard InChI is InChI=1S/C15H24N6O2/c1-5-20-9-16-18-14(20)12-8-21(6-7-22-12)11(4)15-17-13(10(2)3)19-23-15/h9-12H,5-8H2,1-4H3/t11-,12-/m0/s1. The summed E-state index contributed by atoms with van der Waals surface area (Å²) in [6.07, 6.45) is 1.66. The summed E-state index contributed by atoms with van der Waals surface area (Å²) in [6.45, 7) is 11.3. The molecule has 0 radical (unpaired) electrons. The third-order valence-corrected chi connectivity index (χ3v) is 4.25. The molecule has 0 bridgehead atoms. The molecule has 1 fully saturated rings. The molecule has 0 aromatic carbocycles. The van der Waals surface area contributed by atoms with E-state index in [0.29, 0.717) is 12.5 Å². The molecule has 0 aliphatic carbocycles. The molecule has 3 heterocycles. The van der Waals surface area contributed by atoms with E-state index >= 15 is 0 Å². The lowest BCUT2D eigenvalue weighted by molar-refractivity contribution is -0.0523. The van der Waals surface area contributed by atoms with Crippen LogP contribution in [0, 0.1) is 0 Å². The van der Waals surface area contributed by atoms with Crippen molar-refractivity contribution in [3.8, 4) is 0 Å². The fraction of sp³-hybridized carbons (Fsp3) is 0.733. The molecule has 2 aromatic heterocycles. The van der Waals surface area contributed by atoms with Crippen LogP contribution in [0.4, 0.5) is 0 Å². The van der Waals surface area contributed by atoms with Gasteiger partial charge in [-0.05, 0) is 13.8 Å². The quantitative estimate of drug-likeness (QED) is 0.832. The van der Waals surface area contributed by atoms with Crippen LogP contribution >= 0.6 is 0 Å². The highest BCUT2D eigenvalue weighted by molar-refractivity contribution is 4.99. The van der Waals surface area contributed by atoms with Gasteiger partial charge in [0.25, 0.3) is 0 Å². The average molecular weight is 320 g/mol. The Kier molecular flexibility index (Phi) is 4.72. The van der Waals surface area contributed by atoms with Crippen LogP contribution in [0.1, 0.15) is 63.3 Å². The second-order valence-electron chi connectivity index (χ2n) is 6.15. The fourth-order valence-electron chi connectivity index (χ4n) is 2.74. The van der Waals surface area contributed by atoms with Gasteiger partial charge in [-0.15, -0.1) is 10.2 Å². The summed E-state index contributed by atoms with van der Waals surface area (Å²) in [6, 6.07) is 0.0550. The van der Waals surface area contributed by atoms with E-state index in [1.54, 1.807) is 6.33 Å². The van der Waals surface area contributed by atoms with Crippen LogP contribution in [-0.4, -0.2) is 49.5 Å². The predicted molar refractivity (Wildman–Crippen MR) is 82.8 cm³/mol. The Morgan fingerprint density at radius 3 is 2.87 bits per heavy atom. The number of morpholine rings is 1. The van der Waals surface area contributed by atoms with Crippen LogP contribution in [0.5, 0.6) is 0 Å². The third kappa shape index (κ3) is 3.28. The molecule has 2 atom stereocenters. The van der Waals surface area contributed by atoms with Gasteiger partial charge in [-0.3, -0.25) is 4.90 Å². The first-order chi connectivity index (χ1) is 11.1. The molecule has 2 aromatic rings. The maximum absolute atomic E-state index is 5.89. The van der Waals surface area contributed by atoms with Crippen LogP contribution in [0.25, 0.3) is 0 Å². The Morgan fingerprint density at radius 1 is 1.35 bits per heavy atom. The zero-order valence-corrected chi connectivity index (χ0v) is 14.1. The third-order valence-electron chi connectivity index (χ3n) is 4.25. The molecule has 3 rings (SSSR count). The van der Waals surface area contributed by atoms with Crippen molar-refractivity contribution in [1.29, 1.82) is 0 Å². The van der Waals surface area contributed by atoms with E-state index in [4.69, 9.17) is 9.26 Å². The molecule has 0 amide bonds. The predicted octanol–water partition coefficient (Wildman–Crippen LogP) is 1.94. The summed E-state index contributed by atoms with van der Waals surface area (Å²) >= 11 is 0. The smallest absolute Gasteiger partial charge is 0.243 e. The van der Waals surface area contributed by atoms with Crippen molar-refractivity contribution in [3.05, 3.63) is 23.9 Å². The maximum atomic E-state index is 5.89. The van der Waals surface area contributed by atoms with E-state index in [1.807, 2.05) is 4.57 Å². The Hall–Kier alpha value is -1.80. The van der Waals surface area contributed by atoms with Gasteiger partial charge in [0.15, 0.2) is 11.6 Å². The normalized spacial score (nSPS) is 21.0. The number of aryl methyl sites for hydroxylation is 1. The van der Waals surface area contributed by atoms with E-state index < -0.39 is 0 Å².